The Labute approximate surface area is 146 Å². The van der Waals surface area contributed by atoms with Gasteiger partial charge in [0.15, 0.2) is 11.5 Å². The van der Waals surface area contributed by atoms with E-state index in [0.29, 0.717) is 12.8 Å². The maximum Gasteiger partial charge on any atom is 0.308 e. The SMILES string of the molecule is COc1cc(F)c(C(=O)NC2CCCCCCC2C(=O)O)cc1OC. The monoisotopic (exact) mass is 353 g/mol. The smallest absolute Gasteiger partial charge is 0.308 e. The lowest BCUT2D eigenvalue weighted by atomic mass is 9.86. The van der Waals surface area contributed by atoms with Gasteiger partial charge in [0, 0.05) is 12.1 Å². The standard InChI is InChI=1S/C18H24FNO5/c1-24-15-9-12(13(19)10-16(15)25-2)17(21)20-14-8-6-4-3-5-7-11(14)18(22)23/h9-11,14H,3-8H2,1-2H3,(H,20,21)(H,22,23). The summed E-state index contributed by atoms with van der Waals surface area (Å²) in [6, 6.07) is 1.83. The fourth-order valence-corrected chi connectivity index (χ4v) is 3.23. The van der Waals surface area contributed by atoms with Crippen molar-refractivity contribution in [3.63, 3.8) is 0 Å². The molecule has 2 N–H and O–H groups in total. The third-order valence-electron chi connectivity index (χ3n) is 4.62. The molecule has 1 fully saturated rings. The van der Waals surface area contributed by atoms with E-state index in [1.54, 1.807) is 0 Å². The first-order valence-electron chi connectivity index (χ1n) is 8.43. The summed E-state index contributed by atoms with van der Waals surface area (Å²) in [5, 5.41) is 12.2. The van der Waals surface area contributed by atoms with Gasteiger partial charge in [0.1, 0.15) is 5.82 Å². The summed E-state index contributed by atoms with van der Waals surface area (Å²) in [4.78, 5) is 24.1. The van der Waals surface area contributed by atoms with E-state index in [1.807, 2.05) is 0 Å². The number of carbonyl (C=O) groups excluding carboxylic acids is 1. The van der Waals surface area contributed by atoms with Crippen LogP contribution in [0.1, 0.15) is 48.9 Å². The number of halogens is 1. The third kappa shape index (κ3) is 4.61. The first-order valence-corrected chi connectivity index (χ1v) is 8.43. The zero-order chi connectivity index (χ0) is 18.4. The zero-order valence-corrected chi connectivity index (χ0v) is 14.5. The average Bonchev–Trinajstić information content (AvgIpc) is 2.56. The normalized spacial score (nSPS) is 20.9. The second kappa shape index (κ2) is 8.69. The van der Waals surface area contributed by atoms with Gasteiger partial charge in [-0.05, 0) is 18.9 Å². The molecule has 0 radical (unpaired) electrons. The van der Waals surface area contributed by atoms with Gasteiger partial charge in [-0.15, -0.1) is 0 Å². The van der Waals surface area contributed by atoms with Crippen molar-refractivity contribution in [2.75, 3.05) is 14.2 Å². The molecule has 1 amide bonds. The van der Waals surface area contributed by atoms with Gasteiger partial charge in [-0.3, -0.25) is 9.59 Å². The van der Waals surface area contributed by atoms with E-state index in [0.717, 1.165) is 31.7 Å². The van der Waals surface area contributed by atoms with Crippen molar-refractivity contribution in [3.05, 3.63) is 23.5 Å². The molecule has 0 spiro atoms. The van der Waals surface area contributed by atoms with Crippen molar-refractivity contribution in [2.45, 2.75) is 44.6 Å². The van der Waals surface area contributed by atoms with Gasteiger partial charge in [0.2, 0.25) is 0 Å². The lowest BCUT2D eigenvalue weighted by Crippen LogP contribution is -2.44. The van der Waals surface area contributed by atoms with Crippen LogP contribution in [0.5, 0.6) is 11.5 Å². The highest BCUT2D eigenvalue weighted by molar-refractivity contribution is 5.95. The molecule has 1 aromatic rings. The van der Waals surface area contributed by atoms with Crippen LogP contribution in [0.25, 0.3) is 0 Å². The molecule has 25 heavy (non-hydrogen) atoms. The maximum absolute atomic E-state index is 14.2. The van der Waals surface area contributed by atoms with Crippen LogP contribution in [-0.4, -0.2) is 37.2 Å². The number of carboxylic acids is 1. The Morgan fingerprint density at radius 1 is 1.08 bits per heavy atom. The molecule has 0 aliphatic heterocycles. The molecule has 6 nitrogen and oxygen atoms in total. The van der Waals surface area contributed by atoms with E-state index in [9.17, 15) is 19.1 Å². The third-order valence-corrected chi connectivity index (χ3v) is 4.62. The van der Waals surface area contributed by atoms with Crippen LogP contribution in [0.3, 0.4) is 0 Å². The molecule has 1 aliphatic carbocycles. The number of carbonyl (C=O) groups is 2. The molecule has 1 aliphatic rings. The van der Waals surface area contributed by atoms with E-state index in [-0.39, 0.29) is 17.1 Å². The highest BCUT2D eigenvalue weighted by atomic mass is 19.1. The predicted octanol–water partition coefficient (Wildman–Crippen LogP) is 3.00. The fourth-order valence-electron chi connectivity index (χ4n) is 3.23. The quantitative estimate of drug-likeness (QED) is 0.850. The van der Waals surface area contributed by atoms with Crippen LogP contribution in [0.15, 0.2) is 12.1 Å². The van der Waals surface area contributed by atoms with Gasteiger partial charge in [-0.25, -0.2) is 4.39 Å². The Morgan fingerprint density at radius 3 is 2.28 bits per heavy atom. The predicted molar refractivity (Wildman–Crippen MR) is 89.6 cm³/mol. The summed E-state index contributed by atoms with van der Waals surface area (Å²) in [7, 11) is 2.77. The number of amides is 1. The number of benzene rings is 1. The summed E-state index contributed by atoms with van der Waals surface area (Å²) < 4.78 is 24.4. The maximum atomic E-state index is 14.2. The number of rotatable bonds is 5. The summed E-state index contributed by atoms with van der Waals surface area (Å²) in [6.07, 6.45) is 4.72. The number of aliphatic carboxylic acids is 1. The van der Waals surface area contributed by atoms with Crippen LogP contribution in [0, 0.1) is 11.7 Å². The van der Waals surface area contributed by atoms with Gasteiger partial charge in [-0.1, -0.05) is 25.7 Å². The minimum absolute atomic E-state index is 0.186. The van der Waals surface area contributed by atoms with Gasteiger partial charge in [0.25, 0.3) is 5.91 Å². The Balaban J connectivity index is 2.22. The zero-order valence-electron chi connectivity index (χ0n) is 14.5. The van der Waals surface area contributed by atoms with Crippen LogP contribution in [-0.2, 0) is 4.79 Å². The van der Waals surface area contributed by atoms with E-state index in [2.05, 4.69) is 5.32 Å². The molecule has 2 unspecified atom stereocenters. The molecular weight excluding hydrogens is 329 g/mol. The van der Waals surface area contributed by atoms with Gasteiger partial charge < -0.3 is 19.9 Å². The minimum atomic E-state index is -0.931. The summed E-state index contributed by atoms with van der Waals surface area (Å²) >= 11 is 0. The van der Waals surface area contributed by atoms with E-state index in [4.69, 9.17) is 9.47 Å². The molecule has 1 saturated carbocycles. The first-order chi connectivity index (χ1) is 12.0. The van der Waals surface area contributed by atoms with E-state index >= 15 is 0 Å². The number of nitrogens with one attached hydrogen (secondary N) is 1. The Bertz CT molecular complexity index is 634. The van der Waals surface area contributed by atoms with Crippen LogP contribution < -0.4 is 14.8 Å². The van der Waals surface area contributed by atoms with Crippen molar-refractivity contribution in [1.29, 1.82) is 0 Å². The molecule has 0 heterocycles. The summed E-state index contributed by atoms with van der Waals surface area (Å²) in [6.45, 7) is 0. The number of hydrogen-bond donors (Lipinski definition) is 2. The number of methoxy groups -OCH3 is 2. The molecule has 2 atom stereocenters. The largest absolute Gasteiger partial charge is 0.493 e. The average molecular weight is 353 g/mol. The van der Waals surface area contributed by atoms with Crippen molar-refractivity contribution >= 4 is 11.9 Å². The Kier molecular flexibility index (Phi) is 6.61. The molecular formula is C18H24FNO5. The number of hydrogen-bond acceptors (Lipinski definition) is 4. The lowest BCUT2D eigenvalue weighted by Gasteiger charge is -2.27. The molecule has 7 heteroatoms. The Hall–Kier alpha value is -2.31. The van der Waals surface area contributed by atoms with Crippen LogP contribution >= 0.6 is 0 Å². The molecule has 0 saturated heterocycles. The van der Waals surface area contributed by atoms with E-state index < -0.39 is 29.7 Å². The first kappa shape index (κ1) is 19.0. The number of carboxylic acid groups (broad SMARTS) is 1. The second-order valence-electron chi connectivity index (χ2n) is 6.20. The van der Waals surface area contributed by atoms with Gasteiger partial charge >= 0.3 is 5.97 Å². The topological polar surface area (TPSA) is 84.9 Å². The van der Waals surface area contributed by atoms with Crippen molar-refractivity contribution < 1.29 is 28.6 Å². The van der Waals surface area contributed by atoms with E-state index in [1.165, 1.54) is 20.3 Å². The molecule has 1 aromatic carbocycles. The Morgan fingerprint density at radius 2 is 1.68 bits per heavy atom. The summed E-state index contributed by atoms with van der Waals surface area (Å²) in [5.74, 6) is -2.55. The van der Waals surface area contributed by atoms with Crippen LogP contribution in [0.4, 0.5) is 4.39 Å². The molecule has 0 bridgehead atoms. The van der Waals surface area contributed by atoms with Crippen molar-refractivity contribution in [3.8, 4) is 11.5 Å². The van der Waals surface area contributed by atoms with Gasteiger partial charge in [-0.2, -0.15) is 0 Å². The highest BCUT2D eigenvalue weighted by Gasteiger charge is 2.31. The molecule has 138 valence electrons. The highest BCUT2D eigenvalue weighted by Crippen LogP contribution is 2.30. The van der Waals surface area contributed by atoms with Gasteiger partial charge in [0.05, 0.1) is 25.7 Å². The van der Waals surface area contributed by atoms with Crippen LogP contribution in [0.2, 0.25) is 0 Å². The lowest BCUT2D eigenvalue weighted by molar-refractivity contribution is -0.143. The minimum Gasteiger partial charge on any atom is -0.493 e. The fraction of sp³-hybridized carbons (Fsp3) is 0.556. The molecule has 2 rings (SSSR count). The molecule has 0 aromatic heterocycles. The van der Waals surface area contributed by atoms with Crippen molar-refractivity contribution in [1.82, 2.24) is 5.32 Å². The van der Waals surface area contributed by atoms with Crippen molar-refractivity contribution in [2.24, 2.45) is 5.92 Å². The number of ether oxygens (including phenoxy) is 2. The second-order valence-corrected chi connectivity index (χ2v) is 6.20. The summed E-state index contributed by atoms with van der Waals surface area (Å²) in [5.41, 5.74) is -0.191.